The number of amidine groups is 1. The van der Waals surface area contributed by atoms with Crippen molar-refractivity contribution in [3.05, 3.63) is 29.8 Å². The molecule has 5 nitrogen and oxygen atoms in total. The molecule has 1 aromatic rings. The van der Waals surface area contributed by atoms with Gasteiger partial charge >= 0.3 is 0 Å². The summed E-state index contributed by atoms with van der Waals surface area (Å²) in [6.07, 6.45) is 0. The van der Waals surface area contributed by atoms with Gasteiger partial charge in [0.05, 0.1) is 19.8 Å². The zero-order valence-electron chi connectivity index (χ0n) is 11.0. The molecule has 0 amide bonds. The van der Waals surface area contributed by atoms with Crippen LogP contribution in [0.2, 0.25) is 0 Å². The fraction of sp³-hybridized carbons (Fsp3) is 0.462. The molecule has 0 saturated carbocycles. The van der Waals surface area contributed by atoms with Crippen molar-refractivity contribution in [3.63, 3.8) is 0 Å². The normalized spacial score (nSPS) is 10.3. The number of nitrogens with one attached hydrogen (secondary N) is 1. The lowest BCUT2D eigenvalue weighted by Crippen LogP contribution is -2.23. The lowest BCUT2D eigenvalue weighted by molar-refractivity contribution is 0.0744. The molecule has 0 heterocycles. The number of nitrogens with zero attached hydrogens (tertiary/aromatic N) is 1. The van der Waals surface area contributed by atoms with Gasteiger partial charge in [-0.3, -0.25) is 5.41 Å². The number of methoxy groups -OCH3 is 1. The molecule has 0 radical (unpaired) electrons. The highest BCUT2D eigenvalue weighted by molar-refractivity contribution is 5.95. The molecule has 0 fully saturated rings. The van der Waals surface area contributed by atoms with Gasteiger partial charge in [0.1, 0.15) is 5.84 Å². The van der Waals surface area contributed by atoms with Crippen LogP contribution in [-0.2, 0) is 9.47 Å². The van der Waals surface area contributed by atoms with Crippen molar-refractivity contribution in [2.75, 3.05) is 45.4 Å². The highest BCUT2D eigenvalue weighted by Crippen LogP contribution is 2.14. The number of rotatable bonds is 8. The van der Waals surface area contributed by atoms with E-state index in [1.54, 1.807) is 7.11 Å². The number of hydrogen-bond donors (Lipinski definition) is 2. The zero-order valence-corrected chi connectivity index (χ0v) is 11.0. The minimum absolute atomic E-state index is 0.0848. The summed E-state index contributed by atoms with van der Waals surface area (Å²) >= 11 is 0. The van der Waals surface area contributed by atoms with Crippen LogP contribution in [-0.4, -0.2) is 46.4 Å². The van der Waals surface area contributed by atoms with E-state index >= 15 is 0 Å². The Morgan fingerprint density at radius 3 is 2.78 bits per heavy atom. The van der Waals surface area contributed by atoms with E-state index in [9.17, 15) is 0 Å². The largest absolute Gasteiger partial charge is 0.384 e. The van der Waals surface area contributed by atoms with Crippen LogP contribution in [0.15, 0.2) is 24.3 Å². The van der Waals surface area contributed by atoms with Crippen LogP contribution in [0.25, 0.3) is 0 Å². The summed E-state index contributed by atoms with van der Waals surface area (Å²) in [4.78, 5) is 2.07. The van der Waals surface area contributed by atoms with Crippen LogP contribution in [0.4, 0.5) is 5.69 Å². The molecule has 0 aliphatic carbocycles. The summed E-state index contributed by atoms with van der Waals surface area (Å²) in [5.41, 5.74) is 7.23. The van der Waals surface area contributed by atoms with Gasteiger partial charge in [0.15, 0.2) is 0 Å². The zero-order chi connectivity index (χ0) is 13.4. The first-order chi connectivity index (χ1) is 8.65. The van der Waals surface area contributed by atoms with Crippen LogP contribution in [0, 0.1) is 5.41 Å². The summed E-state index contributed by atoms with van der Waals surface area (Å²) in [5, 5.41) is 7.41. The molecule has 0 aromatic heterocycles. The first-order valence-corrected chi connectivity index (χ1v) is 5.87. The van der Waals surface area contributed by atoms with Gasteiger partial charge in [-0.15, -0.1) is 0 Å². The predicted molar refractivity (Wildman–Crippen MR) is 73.4 cm³/mol. The smallest absolute Gasteiger partial charge is 0.122 e. The fourth-order valence-corrected chi connectivity index (χ4v) is 1.49. The summed E-state index contributed by atoms with van der Waals surface area (Å²) in [5.74, 6) is 0.0848. The fourth-order valence-electron chi connectivity index (χ4n) is 1.49. The molecule has 18 heavy (non-hydrogen) atoms. The Balaban J connectivity index is 2.43. The molecular weight excluding hydrogens is 230 g/mol. The first-order valence-electron chi connectivity index (χ1n) is 5.87. The van der Waals surface area contributed by atoms with Gasteiger partial charge in [0, 0.05) is 32.0 Å². The maximum atomic E-state index is 7.41. The monoisotopic (exact) mass is 251 g/mol. The Bertz CT molecular complexity index is 382. The van der Waals surface area contributed by atoms with Gasteiger partial charge in [-0.1, -0.05) is 12.1 Å². The molecule has 3 N–H and O–H groups in total. The second kappa shape index (κ2) is 7.68. The van der Waals surface area contributed by atoms with Gasteiger partial charge in [0.2, 0.25) is 0 Å². The average Bonchev–Trinajstić information content (AvgIpc) is 2.38. The van der Waals surface area contributed by atoms with Gasteiger partial charge in [-0.05, 0) is 12.1 Å². The molecule has 100 valence electrons. The summed E-state index contributed by atoms with van der Waals surface area (Å²) < 4.78 is 10.3. The lowest BCUT2D eigenvalue weighted by Gasteiger charge is -2.19. The molecule has 0 saturated heterocycles. The van der Waals surface area contributed by atoms with Crippen molar-refractivity contribution >= 4 is 11.5 Å². The standard InChI is InChI=1S/C13H21N3O2/c1-16(6-7-18-9-8-17-2)12-5-3-4-11(10-12)13(14)15/h3-5,10H,6-9H2,1-2H3,(H3,14,15). The Labute approximate surface area is 108 Å². The van der Waals surface area contributed by atoms with Gasteiger partial charge in [-0.25, -0.2) is 0 Å². The van der Waals surface area contributed by atoms with Crippen molar-refractivity contribution in [2.45, 2.75) is 0 Å². The van der Waals surface area contributed by atoms with Crippen LogP contribution in [0.3, 0.4) is 0 Å². The van der Waals surface area contributed by atoms with Crippen LogP contribution >= 0.6 is 0 Å². The van der Waals surface area contributed by atoms with E-state index in [1.807, 2.05) is 31.3 Å². The van der Waals surface area contributed by atoms with Crippen molar-refractivity contribution < 1.29 is 9.47 Å². The molecule has 0 spiro atoms. The molecule has 1 aromatic carbocycles. The maximum absolute atomic E-state index is 7.41. The minimum atomic E-state index is 0.0848. The molecule has 5 heteroatoms. The topological polar surface area (TPSA) is 71.6 Å². The number of anilines is 1. The third kappa shape index (κ3) is 4.73. The summed E-state index contributed by atoms with van der Waals surface area (Å²) in [7, 11) is 3.64. The van der Waals surface area contributed by atoms with Crippen molar-refractivity contribution in [1.82, 2.24) is 0 Å². The molecule has 0 aliphatic rings. The van der Waals surface area contributed by atoms with E-state index in [0.717, 1.165) is 17.8 Å². The third-order valence-corrected chi connectivity index (χ3v) is 2.60. The Morgan fingerprint density at radius 1 is 1.33 bits per heavy atom. The van der Waals surface area contributed by atoms with Crippen molar-refractivity contribution in [1.29, 1.82) is 5.41 Å². The molecule has 1 rings (SSSR count). The number of nitrogens with two attached hydrogens (primary N) is 1. The summed E-state index contributed by atoms with van der Waals surface area (Å²) in [6.45, 7) is 2.65. The van der Waals surface area contributed by atoms with Crippen LogP contribution in [0.1, 0.15) is 5.56 Å². The number of benzene rings is 1. The first kappa shape index (κ1) is 14.5. The molecule has 0 unspecified atom stereocenters. The van der Waals surface area contributed by atoms with E-state index in [-0.39, 0.29) is 5.84 Å². The SMILES string of the molecule is COCCOCCN(C)c1cccc(C(=N)N)c1. The summed E-state index contributed by atoms with van der Waals surface area (Å²) in [6, 6.07) is 7.61. The second-order valence-corrected chi connectivity index (χ2v) is 3.99. The minimum Gasteiger partial charge on any atom is -0.384 e. The third-order valence-electron chi connectivity index (χ3n) is 2.60. The van der Waals surface area contributed by atoms with Crippen molar-refractivity contribution in [3.8, 4) is 0 Å². The number of nitrogen functional groups attached to an aromatic ring is 1. The van der Waals surface area contributed by atoms with E-state index < -0.39 is 0 Å². The van der Waals surface area contributed by atoms with Crippen LogP contribution in [0.5, 0.6) is 0 Å². The highest BCUT2D eigenvalue weighted by Gasteiger charge is 2.03. The lowest BCUT2D eigenvalue weighted by atomic mass is 10.2. The molecule has 0 atom stereocenters. The second-order valence-electron chi connectivity index (χ2n) is 3.99. The van der Waals surface area contributed by atoms with E-state index in [4.69, 9.17) is 20.6 Å². The van der Waals surface area contributed by atoms with E-state index in [1.165, 1.54) is 0 Å². The molecule has 0 aliphatic heterocycles. The average molecular weight is 251 g/mol. The maximum Gasteiger partial charge on any atom is 0.122 e. The predicted octanol–water partition coefficient (Wildman–Crippen LogP) is 1.07. The quantitative estimate of drug-likeness (QED) is 0.412. The van der Waals surface area contributed by atoms with Gasteiger partial charge < -0.3 is 20.1 Å². The van der Waals surface area contributed by atoms with Gasteiger partial charge in [-0.2, -0.15) is 0 Å². The Kier molecular flexibility index (Phi) is 6.18. The van der Waals surface area contributed by atoms with Gasteiger partial charge in [0.25, 0.3) is 0 Å². The molecule has 0 bridgehead atoms. The number of hydrogen-bond acceptors (Lipinski definition) is 4. The number of likely N-dealkylation sites (N-methyl/N-ethyl adjacent to an activating group) is 1. The van der Waals surface area contributed by atoms with E-state index in [0.29, 0.717) is 19.8 Å². The van der Waals surface area contributed by atoms with Crippen molar-refractivity contribution in [2.24, 2.45) is 5.73 Å². The molecular formula is C13H21N3O2. The number of ether oxygens (including phenoxy) is 2. The van der Waals surface area contributed by atoms with E-state index in [2.05, 4.69) is 4.90 Å². The highest BCUT2D eigenvalue weighted by atomic mass is 16.5. The van der Waals surface area contributed by atoms with Crippen LogP contribution < -0.4 is 10.6 Å². The Hall–Kier alpha value is -1.59. The Morgan fingerprint density at radius 2 is 2.11 bits per heavy atom.